The maximum Gasteiger partial charge on any atom is 0.343 e. The standard InChI is InChI=1S/C20H22F2N6O/c1-27(2)17-8-7-15(11-24-17)14-5-3-13(4-6-14)12-28-18(25-26-20(28)29)9-16(10-23)19(21)22/h3-8,11H,9-10,12,23H2,1-2H3,(H,26,29). The van der Waals surface area contributed by atoms with Crippen molar-refractivity contribution >= 4 is 5.82 Å². The molecule has 0 aliphatic heterocycles. The molecule has 3 aromatic rings. The van der Waals surface area contributed by atoms with E-state index >= 15 is 0 Å². The van der Waals surface area contributed by atoms with Crippen molar-refractivity contribution in [3.05, 3.63) is 76.1 Å². The van der Waals surface area contributed by atoms with Crippen LogP contribution in [0.2, 0.25) is 0 Å². The van der Waals surface area contributed by atoms with Crippen molar-refractivity contribution in [2.75, 3.05) is 25.5 Å². The molecule has 0 saturated carbocycles. The summed E-state index contributed by atoms with van der Waals surface area (Å²) in [4.78, 5) is 18.4. The second kappa shape index (κ2) is 8.78. The minimum atomic E-state index is -1.84. The number of pyridine rings is 1. The number of halogens is 2. The van der Waals surface area contributed by atoms with Crippen LogP contribution in [0.5, 0.6) is 0 Å². The van der Waals surface area contributed by atoms with Gasteiger partial charge in [0, 0.05) is 44.4 Å². The third-order valence-electron chi connectivity index (χ3n) is 4.56. The van der Waals surface area contributed by atoms with Gasteiger partial charge in [-0.2, -0.15) is 13.9 Å². The van der Waals surface area contributed by atoms with E-state index in [-0.39, 0.29) is 30.9 Å². The van der Waals surface area contributed by atoms with Gasteiger partial charge in [0.25, 0.3) is 6.08 Å². The lowest BCUT2D eigenvalue weighted by Crippen LogP contribution is -2.20. The van der Waals surface area contributed by atoms with E-state index in [2.05, 4.69) is 15.2 Å². The lowest BCUT2D eigenvalue weighted by molar-refractivity contribution is 0.407. The summed E-state index contributed by atoms with van der Waals surface area (Å²) in [5.74, 6) is 1.09. The number of hydrogen-bond donors (Lipinski definition) is 2. The topological polar surface area (TPSA) is 92.8 Å². The zero-order valence-electron chi connectivity index (χ0n) is 16.2. The van der Waals surface area contributed by atoms with Crippen LogP contribution in [-0.2, 0) is 13.0 Å². The molecule has 29 heavy (non-hydrogen) atoms. The number of nitrogens with two attached hydrogens (primary N) is 1. The normalized spacial score (nSPS) is 10.8. The molecular weight excluding hydrogens is 378 g/mol. The molecule has 0 bridgehead atoms. The fourth-order valence-electron chi connectivity index (χ4n) is 2.86. The van der Waals surface area contributed by atoms with Gasteiger partial charge in [0.2, 0.25) is 0 Å². The van der Waals surface area contributed by atoms with Gasteiger partial charge in [-0.05, 0) is 23.3 Å². The van der Waals surface area contributed by atoms with Gasteiger partial charge >= 0.3 is 5.69 Å². The molecule has 0 aliphatic carbocycles. The number of rotatable bonds is 7. The number of benzene rings is 1. The zero-order chi connectivity index (χ0) is 21.0. The lowest BCUT2D eigenvalue weighted by atomic mass is 10.1. The molecule has 0 unspecified atom stereocenters. The third kappa shape index (κ3) is 4.75. The number of anilines is 1. The highest BCUT2D eigenvalue weighted by Crippen LogP contribution is 2.21. The molecule has 0 spiro atoms. The molecule has 0 aliphatic rings. The summed E-state index contributed by atoms with van der Waals surface area (Å²) in [6.45, 7) is -0.0761. The maximum absolute atomic E-state index is 12.9. The van der Waals surface area contributed by atoms with Gasteiger partial charge in [-0.15, -0.1) is 0 Å². The van der Waals surface area contributed by atoms with Crippen molar-refractivity contribution in [3.63, 3.8) is 0 Å². The Labute approximate surface area is 166 Å². The van der Waals surface area contributed by atoms with Crippen LogP contribution in [-0.4, -0.2) is 40.4 Å². The first-order valence-electron chi connectivity index (χ1n) is 8.99. The Morgan fingerprint density at radius 3 is 2.38 bits per heavy atom. The highest BCUT2D eigenvalue weighted by molar-refractivity contribution is 5.64. The van der Waals surface area contributed by atoms with Gasteiger partial charge in [-0.25, -0.2) is 14.9 Å². The summed E-state index contributed by atoms with van der Waals surface area (Å²) in [6, 6.07) is 11.6. The quantitative estimate of drug-likeness (QED) is 0.635. The Kier molecular flexibility index (Phi) is 6.18. The van der Waals surface area contributed by atoms with E-state index in [0.29, 0.717) is 0 Å². The van der Waals surface area contributed by atoms with Gasteiger partial charge < -0.3 is 10.6 Å². The molecule has 9 heteroatoms. The average molecular weight is 400 g/mol. The van der Waals surface area contributed by atoms with E-state index in [1.54, 1.807) is 6.20 Å². The second-order valence-electron chi connectivity index (χ2n) is 6.77. The van der Waals surface area contributed by atoms with Crippen LogP contribution in [0, 0.1) is 0 Å². The summed E-state index contributed by atoms with van der Waals surface area (Å²) in [6.07, 6.45) is -0.220. The predicted molar refractivity (Wildman–Crippen MR) is 108 cm³/mol. The molecule has 0 fully saturated rings. The van der Waals surface area contributed by atoms with Crippen LogP contribution >= 0.6 is 0 Å². The zero-order valence-corrected chi connectivity index (χ0v) is 16.2. The molecule has 3 N–H and O–H groups in total. The predicted octanol–water partition coefficient (Wildman–Crippen LogP) is 2.40. The maximum atomic E-state index is 12.9. The molecular formula is C20H22F2N6O. The Bertz CT molecular complexity index is 1050. The summed E-state index contributed by atoms with van der Waals surface area (Å²) in [5, 5.41) is 6.17. The first-order valence-corrected chi connectivity index (χ1v) is 8.99. The number of H-pyrrole nitrogens is 1. The Hall–Kier alpha value is -3.33. The van der Waals surface area contributed by atoms with E-state index in [9.17, 15) is 13.6 Å². The van der Waals surface area contributed by atoms with E-state index in [0.717, 1.165) is 22.5 Å². The first kappa shape index (κ1) is 20.4. The Morgan fingerprint density at radius 1 is 1.14 bits per heavy atom. The van der Waals surface area contributed by atoms with Gasteiger partial charge in [0.15, 0.2) is 0 Å². The number of hydrogen-bond acceptors (Lipinski definition) is 5. The monoisotopic (exact) mass is 400 g/mol. The minimum absolute atomic E-state index is 0.181. The number of nitrogens with one attached hydrogen (secondary N) is 1. The van der Waals surface area contributed by atoms with Gasteiger partial charge in [0.1, 0.15) is 11.6 Å². The smallest absolute Gasteiger partial charge is 0.343 e. The van der Waals surface area contributed by atoms with Gasteiger partial charge in [0.05, 0.1) is 6.54 Å². The van der Waals surface area contributed by atoms with E-state index < -0.39 is 11.8 Å². The summed E-state index contributed by atoms with van der Waals surface area (Å²) in [7, 11) is 3.86. The molecule has 1 aromatic carbocycles. The van der Waals surface area contributed by atoms with Crippen molar-refractivity contribution in [3.8, 4) is 11.1 Å². The highest BCUT2D eigenvalue weighted by atomic mass is 19.3. The number of nitrogens with zero attached hydrogens (tertiary/aromatic N) is 4. The molecule has 7 nitrogen and oxygen atoms in total. The fourth-order valence-corrected chi connectivity index (χ4v) is 2.86. The van der Waals surface area contributed by atoms with E-state index in [1.165, 1.54) is 4.57 Å². The minimum Gasteiger partial charge on any atom is -0.363 e. The van der Waals surface area contributed by atoms with E-state index in [1.807, 2.05) is 55.4 Å². The molecule has 2 heterocycles. The Balaban J connectivity index is 1.79. The van der Waals surface area contributed by atoms with Crippen molar-refractivity contribution in [2.24, 2.45) is 5.73 Å². The summed E-state index contributed by atoms with van der Waals surface area (Å²) in [5.41, 5.74) is 7.46. The van der Waals surface area contributed by atoms with E-state index in [4.69, 9.17) is 5.73 Å². The Morgan fingerprint density at radius 2 is 1.83 bits per heavy atom. The van der Waals surface area contributed by atoms with Crippen LogP contribution in [0.15, 0.2) is 59.0 Å². The van der Waals surface area contributed by atoms with Crippen LogP contribution in [0.4, 0.5) is 14.6 Å². The molecule has 152 valence electrons. The molecule has 0 amide bonds. The van der Waals surface area contributed by atoms with Crippen molar-refractivity contribution in [2.45, 2.75) is 13.0 Å². The molecule has 3 rings (SSSR count). The van der Waals surface area contributed by atoms with Gasteiger partial charge in [-0.3, -0.25) is 4.57 Å². The van der Waals surface area contributed by atoms with Crippen molar-refractivity contribution in [1.82, 2.24) is 19.7 Å². The van der Waals surface area contributed by atoms with Crippen LogP contribution in [0.1, 0.15) is 11.4 Å². The average Bonchev–Trinajstić information content (AvgIpc) is 3.06. The molecule has 0 atom stereocenters. The second-order valence-corrected chi connectivity index (χ2v) is 6.77. The fraction of sp³-hybridized carbons (Fsp3) is 0.250. The SMILES string of the molecule is CN(C)c1ccc(-c2ccc(Cn3c(CC(CN)=C(F)F)n[nH]c3=O)cc2)cn1. The number of aromatic nitrogens is 4. The molecule has 0 saturated heterocycles. The van der Waals surface area contributed by atoms with Crippen molar-refractivity contribution in [1.29, 1.82) is 0 Å². The lowest BCUT2D eigenvalue weighted by Gasteiger charge is -2.11. The number of aromatic amines is 1. The summed E-state index contributed by atoms with van der Waals surface area (Å²) < 4.78 is 27.1. The first-order chi connectivity index (χ1) is 13.9. The third-order valence-corrected chi connectivity index (χ3v) is 4.56. The molecule has 2 aromatic heterocycles. The highest BCUT2D eigenvalue weighted by Gasteiger charge is 2.14. The van der Waals surface area contributed by atoms with Crippen LogP contribution in [0.3, 0.4) is 0 Å². The summed E-state index contributed by atoms with van der Waals surface area (Å²) >= 11 is 0. The van der Waals surface area contributed by atoms with Gasteiger partial charge in [-0.1, -0.05) is 24.3 Å². The van der Waals surface area contributed by atoms with Crippen LogP contribution in [0.25, 0.3) is 11.1 Å². The molecule has 0 radical (unpaired) electrons. The largest absolute Gasteiger partial charge is 0.363 e. The van der Waals surface area contributed by atoms with Crippen molar-refractivity contribution < 1.29 is 8.78 Å². The van der Waals surface area contributed by atoms with Crippen LogP contribution < -0.4 is 16.3 Å².